The Hall–Kier alpha value is -4.23. The summed E-state index contributed by atoms with van der Waals surface area (Å²) < 4.78 is 26.8. The number of hydrogen-bond acceptors (Lipinski definition) is 15. The molecule has 0 heterocycles. The predicted octanol–water partition coefficient (Wildman–Crippen LogP) is 0.0729. The molecular formula is C28H36FN3O15. The van der Waals surface area contributed by atoms with Crippen molar-refractivity contribution in [2.45, 2.75) is 75.5 Å². The lowest BCUT2D eigenvalue weighted by Crippen LogP contribution is -2.69. The van der Waals surface area contributed by atoms with E-state index >= 15 is 4.39 Å². The second-order valence-corrected chi connectivity index (χ2v) is 12.6. The van der Waals surface area contributed by atoms with Crippen LogP contribution >= 0.6 is 0 Å². The number of ether oxygens (including phenoxy) is 2. The minimum atomic E-state index is -2.53. The summed E-state index contributed by atoms with van der Waals surface area (Å²) in [5, 5.41) is 54.4. The Morgan fingerprint density at radius 2 is 1.83 bits per heavy atom. The number of nitrogens with one attached hydrogen (secondary N) is 1. The Morgan fingerprint density at radius 3 is 2.49 bits per heavy atom. The van der Waals surface area contributed by atoms with E-state index in [0.29, 0.717) is 12.0 Å². The number of allylic oxidation sites excluding steroid dienone is 4. The number of rotatable bonds is 13. The van der Waals surface area contributed by atoms with Crippen LogP contribution in [0.15, 0.2) is 23.8 Å². The van der Waals surface area contributed by atoms with Gasteiger partial charge in [-0.3, -0.25) is 14.4 Å². The predicted molar refractivity (Wildman–Crippen MR) is 149 cm³/mol. The van der Waals surface area contributed by atoms with Crippen LogP contribution in [0.4, 0.5) is 9.18 Å². The molecule has 9 atom stereocenters. The third-order valence-electron chi connectivity index (χ3n) is 10.3. The van der Waals surface area contributed by atoms with Gasteiger partial charge in [-0.15, -0.1) is 20.2 Å². The van der Waals surface area contributed by atoms with Crippen molar-refractivity contribution in [2.24, 2.45) is 22.7 Å². The standard InChI is InChI=1S/C28H36FN3O15/c1-25-7-5-16(33)9-15(25)3-4-18-19-10-20(34)28(39,26(19,2)11-21(35)27(18,25)29)22(36)14-45-24(38)30-12-23(37)44-8-6-17(47-32(42)43)13-46-31(40)41/h5,7,9,17-21,34-35,39H,3-4,6,8,10-14H2,1-2H3,(H,30,38)/t17?,18-,19-,20+,21-,25-,26-,27-,28-/m0/s1. The Balaban J connectivity index is 1.33. The summed E-state index contributed by atoms with van der Waals surface area (Å²) in [5.74, 6) is -4.11. The van der Waals surface area contributed by atoms with Crippen molar-refractivity contribution in [2.75, 3.05) is 26.4 Å². The molecule has 1 amide bonds. The zero-order valence-corrected chi connectivity index (χ0v) is 25.5. The van der Waals surface area contributed by atoms with Crippen LogP contribution in [-0.4, -0.2) is 105 Å². The van der Waals surface area contributed by atoms with Gasteiger partial charge in [0.25, 0.3) is 10.2 Å². The largest absolute Gasteiger partial charge is 0.464 e. The Morgan fingerprint density at radius 1 is 1.13 bits per heavy atom. The Kier molecular flexibility index (Phi) is 9.94. The molecular weight excluding hydrogens is 637 g/mol. The molecule has 4 aliphatic carbocycles. The van der Waals surface area contributed by atoms with E-state index in [9.17, 15) is 54.7 Å². The van der Waals surface area contributed by atoms with Crippen molar-refractivity contribution < 1.29 is 68.2 Å². The fourth-order valence-corrected chi connectivity index (χ4v) is 7.95. The molecule has 0 aliphatic heterocycles. The molecule has 0 aromatic rings. The number of alkyl halides is 1. The van der Waals surface area contributed by atoms with Gasteiger partial charge in [-0.05, 0) is 50.7 Å². The number of fused-ring (bicyclic) bond motifs is 5. The number of aliphatic hydroxyl groups excluding tert-OH is 2. The molecule has 0 saturated heterocycles. The average molecular weight is 674 g/mol. The molecule has 260 valence electrons. The molecule has 47 heavy (non-hydrogen) atoms. The van der Waals surface area contributed by atoms with E-state index < -0.39 is 113 Å². The van der Waals surface area contributed by atoms with Crippen molar-refractivity contribution in [1.29, 1.82) is 0 Å². The fourth-order valence-electron chi connectivity index (χ4n) is 7.95. The van der Waals surface area contributed by atoms with Crippen molar-refractivity contribution in [1.82, 2.24) is 5.32 Å². The topological polar surface area (TPSA) is 264 Å². The number of alkyl carbamates (subject to hydrolysis) is 1. The molecule has 0 aromatic heterocycles. The zero-order valence-electron chi connectivity index (χ0n) is 25.5. The number of esters is 1. The van der Waals surface area contributed by atoms with Gasteiger partial charge in [0.15, 0.2) is 23.7 Å². The summed E-state index contributed by atoms with van der Waals surface area (Å²) in [7, 11) is 0. The van der Waals surface area contributed by atoms with Crippen molar-refractivity contribution in [3.05, 3.63) is 44.0 Å². The molecule has 0 radical (unpaired) electrons. The van der Waals surface area contributed by atoms with E-state index in [1.54, 1.807) is 6.92 Å². The summed E-state index contributed by atoms with van der Waals surface area (Å²) >= 11 is 0. The summed E-state index contributed by atoms with van der Waals surface area (Å²) in [6, 6.07) is 0. The highest BCUT2D eigenvalue weighted by atomic mass is 19.1. The number of hydrogen-bond donors (Lipinski definition) is 4. The Labute approximate surface area is 266 Å². The molecule has 3 saturated carbocycles. The average Bonchev–Trinajstić information content (AvgIpc) is 3.19. The fraction of sp³-hybridized carbons (Fsp3) is 0.714. The highest BCUT2D eigenvalue weighted by molar-refractivity contribution is 6.01. The summed E-state index contributed by atoms with van der Waals surface area (Å²) in [6.45, 7) is -0.0747. The van der Waals surface area contributed by atoms with E-state index in [1.165, 1.54) is 25.2 Å². The molecule has 1 unspecified atom stereocenters. The zero-order chi connectivity index (χ0) is 34.9. The van der Waals surface area contributed by atoms with E-state index in [0.717, 1.165) is 0 Å². The van der Waals surface area contributed by atoms with Gasteiger partial charge in [-0.25, -0.2) is 9.18 Å². The molecule has 0 spiro atoms. The van der Waals surface area contributed by atoms with Gasteiger partial charge in [-0.2, -0.15) is 0 Å². The van der Waals surface area contributed by atoms with Gasteiger partial charge >= 0.3 is 12.1 Å². The number of carbonyl (C=O) groups is 4. The molecule has 4 aliphatic rings. The van der Waals surface area contributed by atoms with E-state index in [4.69, 9.17) is 9.47 Å². The van der Waals surface area contributed by atoms with Gasteiger partial charge < -0.3 is 39.8 Å². The van der Waals surface area contributed by atoms with Gasteiger partial charge in [-0.1, -0.05) is 18.6 Å². The van der Waals surface area contributed by atoms with Crippen molar-refractivity contribution in [3.8, 4) is 0 Å². The number of amides is 1. The molecule has 4 rings (SSSR count). The van der Waals surface area contributed by atoms with Crippen LogP contribution in [0.2, 0.25) is 0 Å². The lowest BCUT2D eigenvalue weighted by atomic mass is 9.44. The highest BCUT2D eigenvalue weighted by Crippen LogP contribution is 2.69. The molecule has 0 bridgehead atoms. The van der Waals surface area contributed by atoms with Crippen LogP contribution in [0.3, 0.4) is 0 Å². The monoisotopic (exact) mass is 673 g/mol. The number of halogens is 1. The minimum absolute atomic E-state index is 0.177. The van der Waals surface area contributed by atoms with Crippen LogP contribution in [0.1, 0.15) is 46.0 Å². The summed E-state index contributed by atoms with van der Waals surface area (Å²) in [6.07, 6.45) is -2.47. The number of carbonyl (C=O) groups excluding carboxylic acids is 4. The van der Waals surface area contributed by atoms with Crippen LogP contribution in [-0.2, 0) is 33.5 Å². The molecule has 4 N–H and O–H groups in total. The van der Waals surface area contributed by atoms with Gasteiger partial charge in [0, 0.05) is 23.2 Å². The third-order valence-corrected chi connectivity index (χ3v) is 10.3. The Bertz CT molecular complexity index is 1390. The lowest BCUT2D eigenvalue weighted by molar-refractivity contribution is -0.790. The first kappa shape index (κ1) is 35.6. The maximum Gasteiger partial charge on any atom is 0.408 e. The van der Waals surface area contributed by atoms with Crippen LogP contribution < -0.4 is 5.32 Å². The van der Waals surface area contributed by atoms with E-state index in [2.05, 4.69) is 9.68 Å². The van der Waals surface area contributed by atoms with Gasteiger partial charge in [0.2, 0.25) is 5.78 Å². The van der Waals surface area contributed by atoms with Crippen molar-refractivity contribution in [3.63, 3.8) is 0 Å². The number of aliphatic hydroxyl groups is 3. The molecule has 0 aromatic carbocycles. The lowest BCUT2D eigenvalue weighted by Gasteiger charge is -2.62. The first-order valence-electron chi connectivity index (χ1n) is 14.8. The minimum Gasteiger partial charge on any atom is -0.464 e. The maximum atomic E-state index is 17.2. The van der Waals surface area contributed by atoms with E-state index in [1.807, 2.05) is 5.32 Å². The summed E-state index contributed by atoms with van der Waals surface area (Å²) in [4.78, 5) is 78.5. The second-order valence-electron chi connectivity index (χ2n) is 12.6. The first-order valence-corrected chi connectivity index (χ1v) is 14.8. The SMILES string of the molecule is C[C@]12C=CC(=O)C=C1CC[C@H]1[C@@H]3C[C@@H](O)[C@](O)(C(=O)COC(=O)NCC(=O)OCCC(CO[N+](=O)[O-])O[N+](=O)[O-])[C@@]3(C)C[C@H](O)[C@@]12F. The number of nitrogens with zero attached hydrogens (tertiary/aromatic N) is 2. The third kappa shape index (κ3) is 6.26. The molecule has 18 nitrogen and oxygen atoms in total. The van der Waals surface area contributed by atoms with Crippen LogP contribution in [0, 0.1) is 42.9 Å². The van der Waals surface area contributed by atoms with Crippen molar-refractivity contribution >= 4 is 23.6 Å². The molecule has 3 fully saturated rings. The van der Waals surface area contributed by atoms with Gasteiger partial charge in [0.1, 0.15) is 19.3 Å². The number of Topliss-reactive ketones (excluding diaryl/α,β-unsaturated/α-hetero) is 1. The van der Waals surface area contributed by atoms with E-state index in [-0.39, 0.29) is 25.0 Å². The summed E-state index contributed by atoms with van der Waals surface area (Å²) in [5.41, 5.74) is -7.11. The first-order chi connectivity index (χ1) is 21.9. The maximum absolute atomic E-state index is 17.2. The van der Waals surface area contributed by atoms with Crippen LogP contribution in [0.5, 0.6) is 0 Å². The van der Waals surface area contributed by atoms with Gasteiger partial charge in [0.05, 0.1) is 18.8 Å². The highest BCUT2D eigenvalue weighted by Gasteiger charge is 2.76. The smallest absolute Gasteiger partial charge is 0.408 e. The molecule has 19 heteroatoms. The van der Waals surface area contributed by atoms with Crippen LogP contribution in [0.25, 0.3) is 0 Å². The quantitative estimate of drug-likeness (QED) is 0.114. The second kappa shape index (κ2) is 13.1. The normalized spacial score (nSPS) is 36.0. The number of ketones is 2.